The average molecular weight is 171 g/mol. The average Bonchev–Trinajstić information content (AvgIpc) is 0.918. The van der Waals surface area contributed by atoms with Crippen LogP contribution in [0.5, 0.6) is 0 Å². The molecule has 0 aliphatic carbocycles. The molecule has 5 heavy (non-hydrogen) atoms. The molecule has 0 radical (unpaired) electrons. The summed E-state index contributed by atoms with van der Waals surface area (Å²) in [4.78, 5) is 0. The van der Waals surface area contributed by atoms with Gasteiger partial charge in [-0.2, -0.15) is 3.84 Å². The minimum Gasteiger partial charge on any atom is -1.00 e. The van der Waals surface area contributed by atoms with Gasteiger partial charge >= 0.3 is 75.5 Å². The predicted octanol–water partition coefficient (Wildman–Crippen LogP) is 0.999. The van der Waals surface area contributed by atoms with Crippen molar-refractivity contribution in [3.8, 4) is 0 Å². The predicted molar refractivity (Wildman–Crippen MR) is 28.7 cm³/mol. The molecular weight excluding hydrogens is 167 g/mol. The monoisotopic (exact) mass is 170 g/mol. The summed E-state index contributed by atoms with van der Waals surface area (Å²) in [6.07, 6.45) is 0. The van der Waals surface area contributed by atoms with Crippen molar-refractivity contribution in [3.05, 3.63) is 0 Å². The maximum atomic E-state index is 4.26. The van der Waals surface area contributed by atoms with Crippen molar-refractivity contribution in [3.63, 3.8) is 0 Å². The van der Waals surface area contributed by atoms with Gasteiger partial charge in [0.25, 0.3) is 0 Å². The molecular formula is H4Ca2Cl2O. The van der Waals surface area contributed by atoms with Crippen molar-refractivity contribution in [2.75, 3.05) is 0 Å². The van der Waals surface area contributed by atoms with Gasteiger partial charge in [0.2, 0.25) is 0 Å². The van der Waals surface area contributed by atoms with E-state index in [9.17, 15) is 0 Å². The Balaban J connectivity index is -0.00000000133. The standard InChI is InChI=1S/2Ca.Cl2O.4H/c;;1-3-2;;;;/q2*+2;;4*-1. The molecule has 0 rings (SSSR count). The van der Waals surface area contributed by atoms with Crippen molar-refractivity contribution in [1.82, 2.24) is 0 Å². The normalized spacial score (nSPS) is 3.60. The molecule has 0 unspecified atom stereocenters. The van der Waals surface area contributed by atoms with Gasteiger partial charge < -0.3 is 5.71 Å². The molecule has 0 aromatic heterocycles. The zero-order chi connectivity index (χ0) is 2.71. The van der Waals surface area contributed by atoms with E-state index in [1.807, 2.05) is 0 Å². The zero-order valence-electron chi connectivity index (χ0n) is 6.58. The Bertz CT molecular complexity index is 16.5. The second-order valence-electron chi connectivity index (χ2n) is 0.0583. The minimum atomic E-state index is 0. The second kappa shape index (κ2) is 15.7. The molecule has 0 atom stereocenters. The Morgan fingerprint density at radius 2 is 1.20 bits per heavy atom. The van der Waals surface area contributed by atoms with Crippen molar-refractivity contribution in [1.29, 1.82) is 0 Å². The first kappa shape index (κ1) is 15.7. The summed E-state index contributed by atoms with van der Waals surface area (Å²) in [5.74, 6) is 0. The molecule has 0 saturated heterocycles. The Morgan fingerprint density at radius 3 is 1.20 bits per heavy atom. The van der Waals surface area contributed by atoms with Crippen LogP contribution in [0.1, 0.15) is 5.71 Å². The maximum Gasteiger partial charge on any atom is 2.00 e. The van der Waals surface area contributed by atoms with Gasteiger partial charge in [-0.05, 0) is 0 Å². The zero-order valence-corrected chi connectivity index (χ0v) is 8.51. The van der Waals surface area contributed by atoms with Gasteiger partial charge in [-0.3, -0.25) is 0 Å². The topological polar surface area (TPSA) is 9.23 Å². The van der Waals surface area contributed by atoms with Crippen LogP contribution in [0.4, 0.5) is 0 Å². The summed E-state index contributed by atoms with van der Waals surface area (Å²) in [6.45, 7) is 0. The van der Waals surface area contributed by atoms with Crippen LogP contribution < -0.4 is 0 Å². The van der Waals surface area contributed by atoms with Gasteiger partial charge in [0.1, 0.15) is 0 Å². The first-order valence-electron chi connectivity index (χ1n) is 0.309. The summed E-state index contributed by atoms with van der Waals surface area (Å²) in [6, 6.07) is 0. The van der Waals surface area contributed by atoms with E-state index in [2.05, 4.69) is 27.6 Å². The van der Waals surface area contributed by atoms with Crippen LogP contribution in [0, 0.1) is 0 Å². The summed E-state index contributed by atoms with van der Waals surface area (Å²) in [5, 5.41) is 0. The molecule has 0 aromatic carbocycles. The van der Waals surface area contributed by atoms with Crippen molar-refractivity contribution in [2.24, 2.45) is 0 Å². The molecule has 0 bridgehead atoms. The van der Waals surface area contributed by atoms with Crippen LogP contribution in [-0.2, 0) is 3.84 Å². The van der Waals surface area contributed by atoms with Crippen molar-refractivity contribution >= 4 is 99.2 Å². The first-order chi connectivity index (χ1) is 1.41. The summed E-state index contributed by atoms with van der Waals surface area (Å²) in [7, 11) is 0. The summed E-state index contributed by atoms with van der Waals surface area (Å²) in [5.41, 5.74) is 0. The molecule has 0 fully saturated rings. The molecule has 28 valence electrons. The number of halogens is 2. The first-order valence-corrected chi connectivity index (χ1v) is 0.926. The number of rotatable bonds is 0. The SMILES string of the molecule is ClOCl.[Ca+2].[Ca+2].[H-].[H-].[H-].[H-]. The summed E-state index contributed by atoms with van der Waals surface area (Å²) < 4.78 is 3.19. The van der Waals surface area contributed by atoms with Gasteiger partial charge in [0, 0.05) is 0 Å². The van der Waals surface area contributed by atoms with E-state index in [0.717, 1.165) is 0 Å². The van der Waals surface area contributed by atoms with Gasteiger partial charge in [0.15, 0.2) is 0 Å². The molecule has 1 nitrogen and oxygen atoms in total. The third-order valence-corrected chi connectivity index (χ3v) is 0. The molecule has 5 heteroatoms. The van der Waals surface area contributed by atoms with Crippen molar-refractivity contribution < 1.29 is 9.55 Å². The fourth-order valence-electron chi connectivity index (χ4n) is 0. The van der Waals surface area contributed by atoms with Crippen molar-refractivity contribution in [2.45, 2.75) is 0 Å². The number of hydrogen-bond donors (Lipinski definition) is 0. The molecule has 0 amide bonds. The van der Waals surface area contributed by atoms with Gasteiger partial charge in [0.05, 0.1) is 23.7 Å². The minimum absolute atomic E-state index is 0. The third-order valence-electron chi connectivity index (χ3n) is 0. The third kappa shape index (κ3) is 19.3. The van der Waals surface area contributed by atoms with E-state index in [0.29, 0.717) is 0 Å². The van der Waals surface area contributed by atoms with Crippen LogP contribution in [0.3, 0.4) is 0 Å². The van der Waals surface area contributed by atoms with E-state index in [1.54, 1.807) is 0 Å². The van der Waals surface area contributed by atoms with Crippen LogP contribution in [0.15, 0.2) is 0 Å². The molecule has 0 aliphatic heterocycles. The fraction of sp³-hybridized carbons (Fsp3) is 0. The Kier molecular flexibility index (Phi) is 49.4. The van der Waals surface area contributed by atoms with Gasteiger partial charge in [-0.1, -0.05) is 0 Å². The quantitative estimate of drug-likeness (QED) is 0.494. The van der Waals surface area contributed by atoms with E-state index in [-0.39, 0.29) is 81.2 Å². The van der Waals surface area contributed by atoms with E-state index < -0.39 is 0 Å². The molecule has 0 aliphatic rings. The second-order valence-corrected chi connectivity index (χ2v) is 0.525. The van der Waals surface area contributed by atoms with E-state index >= 15 is 0 Å². The molecule has 0 aromatic rings. The largest absolute Gasteiger partial charge is 2.00 e. The van der Waals surface area contributed by atoms with E-state index in [1.165, 1.54) is 0 Å². The fourth-order valence-corrected chi connectivity index (χ4v) is 0. The van der Waals surface area contributed by atoms with Gasteiger partial charge in [-0.15, -0.1) is 0 Å². The maximum absolute atomic E-state index is 4.26. The Hall–Kier alpha value is 3.06. The van der Waals surface area contributed by atoms with Gasteiger partial charge in [-0.25, -0.2) is 0 Å². The molecule has 0 N–H and O–H groups in total. The molecule has 0 heterocycles. The molecule has 0 spiro atoms. The Labute approximate surface area is 107 Å². The summed E-state index contributed by atoms with van der Waals surface area (Å²) >= 11 is 8.53. The van der Waals surface area contributed by atoms with Crippen LogP contribution in [0.2, 0.25) is 0 Å². The van der Waals surface area contributed by atoms with Crippen LogP contribution in [-0.4, -0.2) is 75.5 Å². The van der Waals surface area contributed by atoms with Crippen LogP contribution >= 0.6 is 23.7 Å². The smallest absolute Gasteiger partial charge is 1.00 e. The van der Waals surface area contributed by atoms with E-state index in [4.69, 9.17) is 0 Å². The molecule has 0 saturated carbocycles. The van der Waals surface area contributed by atoms with Crippen LogP contribution in [0.25, 0.3) is 0 Å². The Morgan fingerprint density at radius 1 is 1.20 bits per heavy atom. The number of hydrogen-bond acceptors (Lipinski definition) is 1.